The van der Waals surface area contributed by atoms with Crippen LogP contribution in [0.2, 0.25) is 0 Å². The van der Waals surface area contributed by atoms with Crippen LogP contribution in [0.5, 0.6) is 5.75 Å². The minimum atomic E-state index is -4.78. The molecule has 1 heterocycles. The van der Waals surface area contributed by atoms with Gasteiger partial charge in [0.25, 0.3) is 0 Å². The summed E-state index contributed by atoms with van der Waals surface area (Å²) in [7, 11) is 0. The summed E-state index contributed by atoms with van der Waals surface area (Å²) in [5.41, 5.74) is 7.90. The first-order chi connectivity index (χ1) is 15.2. The molecule has 1 aromatic heterocycles. The number of nitrogens with two attached hydrogens (primary N) is 1. The average molecular weight is 466 g/mol. The van der Waals surface area contributed by atoms with E-state index in [1.165, 1.54) is 12.1 Å². The number of nitrogens with one attached hydrogen (secondary N) is 2. The Morgan fingerprint density at radius 2 is 1.97 bits per heavy atom. The van der Waals surface area contributed by atoms with E-state index >= 15 is 0 Å². The van der Waals surface area contributed by atoms with Crippen molar-refractivity contribution < 1.29 is 27.4 Å². The van der Waals surface area contributed by atoms with E-state index in [9.17, 15) is 18.0 Å². The summed E-state index contributed by atoms with van der Waals surface area (Å²) in [4.78, 5) is 16.4. The third kappa shape index (κ3) is 7.22. The molecule has 32 heavy (non-hydrogen) atoms. The summed E-state index contributed by atoms with van der Waals surface area (Å²) < 4.78 is 46.9. The lowest BCUT2D eigenvalue weighted by atomic mass is 10.2. The lowest BCUT2D eigenvalue weighted by Gasteiger charge is -2.16. The van der Waals surface area contributed by atoms with Crippen LogP contribution >= 0.6 is 11.3 Å². The molecule has 0 aliphatic carbocycles. The number of hydrogen-bond donors (Lipinski definition) is 3. The maximum absolute atomic E-state index is 12.3. The van der Waals surface area contributed by atoms with E-state index in [0.717, 1.165) is 23.0 Å². The molecule has 0 fully saturated rings. The minimum Gasteiger partial charge on any atom is -0.406 e. The van der Waals surface area contributed by atoms with Gasteiger partial charge in [-0.2, -0.15) is 0 Å². The third-order valence-electron chi connectivity index (χ3n) is 4.17. The zero-order chi connectivity index (χ0) is 23.1. The number of amides is 1. The fraction of sp³-hybridized carbons (Fsp3) is 0.238. The third-order valence-corrected chi connectivity index (χ3v) is 5.11. The lowest BCUT2D eigenvalue weighted by molar-refractivity contribution is -0.274. The van der Waals surface area contributed by atoms with Crippen LogP contribution in [-0.4, -0.2) is 36.4 Å². The minimum absolute atomic E-state index is 0.108. The Morgan fingerprint density at radius 1 is 1.22 bits per heavy atom. The first-order valence-electron chi connectivity index (χ1n) is 9.46. The fourth-order valence-corrected chi connectivity index (χ4v) is 3.53. The van der Waals surface area contributed by atoms with Crippen molar-refractivity contribution in [3.63, 3.8) is 0 Å². The van der Waals surface area contributed by atoms with Crippen LogP contribution in [0.3, 0.4) is 0 Å². The number of rotatable bonds is 10. The van der Waals surface area contributed by atoms with Crippen molar-refractivity contribution in [2.75, 3.05) is 18.5 Å². The molecule has 170 valence electrons. The number of alkyl halides is 3. The number of halogens is 3. The number of carbonyl (C=O) groups excluding carboxylic acids is 1. The van der Waals surface area contributed by atoms with Gasteiger partial charge in [0.2, 0.25) is 5.91 Å². The topological polar surface area (TPSA) is 98.5 Å². The molecule has 3 rings (SSSR count). The van der Waals surface area contributed by atoms with Gasteiger partial charge in [0.15, 0.2) is 5.13 Å². The summed E-state index contributed by atoms with van der Waals surface area (Å²) in [5.74, 6) is -0.762. The first-order valence-corrected chi connectivity index (χ1v) is 10.3. The molecule has 0 spiro atoms. The van der Waals surface area contributed by atoms with Crippen LogP contribution in [0, 0.1) is 0 Å². The van der Waals surface area contributed by atoms with E-state index in [1.807, 2.05) is 30.3 Å². The predicted molar refractivity (Wildman–Crippen MR) is 116 cm³/mol. The van der Waals surface area contributed by atoms with E-state index in [-0.39, 0.29) is 24.0 Å². The van der Waals surface area contributed by atoms with Crippen molar-refractivity contribution in [3.05, 3.63) is 66.4 Å². The molecule has 2 aromatic carbocycles. The highest BCUT2D eigenvalue weighted by molar-refractivity contribution is 7.22. The van der Waals surface area contributed by atoms with Crippen molar-refractivity contribution in [2.24, 2.45) is 5.73 Å². The number of ether oxygens (including phenoxy) is 2. The number of fused-ring (bicyclic) bond motifs is 1. The normalized spacial score (nSPS) is 12.4. The van der Waals surface area contributed by atoms with Gasteiger partial charge in [-0.25, -0.2) is 4.98 Å². The maximum Gasteiger partial charge on any atom is 0.573 e. The van der Waals surface area contributed by atoms with E-state index in [2.05, 4.69) is 26.9 Å². The molecular weight excluding hydrogens is 445 g/mol. The SMILES string of the molecule is C=C(NCC(=O)Nc1nc2ccc(OC(F)(F)F)cc2s1)[C@H](N)COCc1ccccc1. The highest BCUT2D eigenvalue weighted by Crippen LogP contribution is 2.31. The van der Waals surface area contributed by atoms with Crippen LogP contribution in [0.1, 0.15) is 5.56 Å². The lowest BCUT2D eigenvalue weighted by Crippen LogP contribution is -2.38. The van der Waals surface area contributed by atoms with Gasteiger partial charge in [0.05, 0.1) is 36.0 Å². The molecule has 0 saturated heterocycles. The monoisotopic (exact) mass is 466 g/mol. The van der Waals surface area contributed by atoms with Gasteiger partial charge in [-0.1, -0.05) is 48.2 Å². The Hall–Kier alpha value is -3.15. The number of benzene rings is 2. The summed E-state index contributed by atoms with van der Waals surface area (Å²) in [6.07, 6.45) is -4.78. The van der Waals surface area contributed by atoms with Crippen molar-refractivity contribution in [2.45, 2.75) is 19.0 Å². The second-order valence-corrected chi connectivity index (χ2v) is 7.76. The average Bonchev–Trinajstić information content (AvgIpc) is 3.12. The number of carbonyl (C=O) groups is 1. The van der Waals surface area contributed by atoms with E-state index < -0.39 is 18.3 Å². The number of thiazole rings is 1. The standard InChI is InChI=1S/C21H21F3N4O3S/c1-13(16(25)12-30-11-14-5-3-2-4-6-14)26-10-19(29)28-20-27-17-8-7-15(9-18(17)32-20)31-21(22,23)24/h2-9,16,26H,1,10-12,25H2,(H,27,28,29)/t16-/m1/s1. The number of hydrogen-bond acceptors (Lipinski definition) is 7. The van der Waals surface area contributed by atoms with Gasteiger partial charge in [0.1, 0.15) is 5.75 Å². The maximum atomic E-state index is 12.3. The zero-order valence-electron chi connectivity index (χ0n) is 16.8. The van der Waals surface area contributed by atoms with Gasteiger partial charge >= 0.3 is 6.36 Å². The van der Waals surface area contributed by atoms with Crippen molar-refractivity contribution in [3.8, 4) is 5.75 Å². The molecule has 0 bridgehead atoms. The van der Waals surface area contributed by atoms with Gasteiger partial charge in [0, 0.05) is 11.8 Å². The van der Waals surface area contributed by atoms with Gasteiger partial charge in [-0.15, -0.1) is 13.2 Å². The zero-order valence-corrected chi connectivity index (χ0v) is 17.6. The van der Waals surface area contributed by atoms with Gasteiger partial charge < -0.3 is 25.8 Å². The Bertz CT molecular complexity index is 1070. The van der Waals surface area contributed by atoms with E-state index in [4.69, 9.17) is 10.5 Å². The fourth-order valence-electron chi connectivity index (χ4n) is 2.62. The van der Waals surface area contributed by atoms with Crippen LogP contribution < -0.4 is 21.1 Å². The highest BCUT2D eigenvalue weighted by Gasteiger charge is 2.31. The van der Waals surface area contributed by atoms with E-state index in [0.29, 0.717) is 22.5 Å². The molecule has 0 aliphatic heterocycles. The molecule has 1 atom stereocenters. The number of nitrogens with zero attached hydrogens (tertiary/aromatic N) is 1. The molecule has 3 aromatic rings. The van der Waals surface area contributed by atoms with Crippen LogP contribution in [-0.2, 0) is 16.1 Å². The molecule has 4 N–H and O–H groups in total. The van der Waals surface area contributed by atoms with Crippen molar-refractivity contribution >= 4 is 32.6 Å². The van der Waals surface area contributed by atoms with Crippen LogP contribution in [0.4, 0.5) is 18.3 Å². The molecule has 0 aliphatic rings. The second kappa shape index (κ2) is 10.4. The largest absolute Gasteiger partial charge is 0.573 e. The quantitative estimate of drug-likeness (QED) is 0.421. The molecule has 0 unspecified atom stereocenters. The molecule has 11 heteroatoms. The Kier molecular flexibility index (Phi) is 7.67. The highest BCUT2D eigenvalue weighted by atomic mass is 32.1. The Labute approximate surface area is 186 Å². The smallest absolute Gasteiger partial charge is 0.406 e. The first kappa shape index (κ1) is 23.5. The summed E-state index contributed by atoms with van der Waals surface area (Å²) in [6, 6.07) is 12.9. The van der Waals surface area contributed by atoms with Crippen molar-refractivity contribution in [1.29, 1.82) is 0 Å². The molecule has 7 nitrogen and oxygen atoms in total. The summed E-state index contributed by atoms with van der Waals surface area (Å²) >= 11 is 1.03. The summed E-state index contributed by atoms with van der Waals surface area (Å²) in [6.45, 7) is 4.35. The van der Waals surface area contributed by atoms with Gasteiger partial charge in [-0.3, -0.25) is 4.79 Å². The predicted octanol–water partition coefficient (Wildman–Crippen LogP) is 3.78. The van der Waals surface area contributed by atoms with Gasteiger partial charge in [-0.05, 0) is 17.7 Å². The molecular formula is C21H21F3N4O3S. The number of aromatic nitrogens is 1. The van der Waals surface area contributed by atoms with E-state index in [1.54, 1.807) is 0 Å². The Balaban J connectivity index is 1.44. The second-order valence-electron chi connectivity index (χ2n) is 6.73. The van der Waals surface area contributed by atoms with Crippen LogP contribution in [0.25, 0.3) is 10.2 Å². The molecule has 1 amide bonds. The summed E-state index contributed by atoms with van der Waals surface area (Å²) in [5, 5.41) is 5.68. The van der Waals surface area contributed by atoms with Crippen LogP contribution in [0.15, 0.2) is 60.8 Å². The molecule has 0 radical (unpaired) electrons. The molecule has 0 saturated carbocycles. The number of anilines is 1. The van der Waals surface area contributed by atoms with Crippen molar-refractivity contribution in [1.82, 2.24) is 10.3 Å². The Morgan fingerprint density at radius 3 is 2.69 bits per heavy atom.